The fraction of sp³-hybridized carbons (Fsp3) is 0.259. The molecule has 3 aromatic rings. The van der Waals surface area contributed by atoms with Gasteiger partial charge in [-0.1, -0.05) is 48.7 Å². The van der Waals surface area contributed by atoms with Crippen LogP contribution in [-0.4, -0.2) is 44.6 Å². The number of sulfone groups is 1. The Morgan fingerprint density at radius 1 is 1.03 bits per heavy atom. The molecule has 7 nitrogen and oxygen atoms in total. The van der Waals surface area contributed by atoms with E-state index in [0.717, 1.165) is 25.5 Å². The number of anilines is 2. The SMILES string of the molecule is CS(=O)(=O)c1ccccc1-c1ccc(NC(=O)CN(CCC2CC2)C(=O)Nc2ccc(Cl)cc2)c(F)c1. The third-order valence-corrected chi connectivity index (χ3v) is 7.47. The van der Waals surface area contributed by atoms with Gasteiger partial charge in [0.1, 0.15) is 12.4 Å². The maximum absolute atomic E-state index is 14.9. The summed E-state index contributed by atoms with van der Waals surface area (Å²) in [5.41, 5.74) is 1.21. The standard InChI is InChI=1S/C27H27ClFN3O4S/c1-37(35,36)25-5-3-2-4-22(25)19-8-13-24(23(29)16-19)31-26(33)17-32(15-14-18-6-7-18)27(34)30-21-11-9-20(28)10-12-21/h2-5,8-13,16,18H,6-7,14-15,17H2,1H3,(H,30,34)(H,31,33). The van der Waals surface area contributed by atoms with Crippen molar-refractivity contribution in [1.29, 1.82) is 0 Å². The average molecular weight is 544 g/mol. The van der Waals surface area contributed by atoms with E-state index >= 15 is 0 Å². The summed E-state index contributed by atoms with van der Waals surface area (Å²) in [6, 6.07) is 16.6. The minimum absolute atomic E-state index is 0.0640. The highest BCUT2D eigenvalue weighted by atomic mass is 35.5. The second kappa shape index (κ2) is 11.3. The largest absolute Gasteiger partial charge is 0.322 e. The van der Waals surface area contributed by atoms with Crippen LogP contribution in [0.4, 0.5) is 20.6 Å². The molecule has 3 aromatic carbocycles. The predicted molar refractivity (Wildman–Crippen MR) is 143 cm³/mol. The van der Waals surface area contributed by atoms with Gasteiger partial charge in [0.05, 0.1) is 10.6 Å². The summed E-state index contributed by atoms with van der Waals surface area (Å²) in [6.45, 7) is 0.130. The molecule has 1 aliphatic rings. The molecule has 2 N–H and O–H groups in total. The van der Waals surface area contributed by atoms with Crippen molar-refractivity contribution in [2.24, 2.45) is 5.92 Å². The molecule has 0 spiro atoms. The predicted octanol–water partition coefficient (Wildman–Crippen LogP) is 5.82. The quantitative estimate of drug-likeness (QED) is 0.355. The molecule has 0 bridgehead atoms. The molecule has 1 saturated carbocycles. The van der Waals surface area contributed by atoms with E-state index in [9.17, 15) is 22.4 Å². The van der Waals surface area contributed by atoms with Crippen LogP contribution >= 0.6 is 11.6 Å². The number of nitrogens with one attached hydrogen (secondary N) is 2. The van der Waals surface area contributed by atoms with Gasteiger partial charge in [0.15, 0.2) is 9.84 Å². The van der Waals surface area contributed by atoms with Gasteiger partial charge in [0.25, 0.3) is 0 Å². The van der Waals surface area contributed by atoms with Crippen molar-refractivity contribution < 1.29 is 22.4 Å². The Balaban J connectivity index is 1.46. The first-order valence-electron chi connectivity index (χ1n) is 11.8. The first kappa shape index (κ1) is 26.6. The van der Waals surface area contributed by atoms with Crippen LogP contribution in [0, 0.1) is 11.7 Å². The Kier molecular flexibility index (Phi) is 8.14. The van der Waals surface area contributed by atoms with Crippen molar-refractivity contribution in [2.75, 3.05) is 30.0 Å². The van der Waals surface area contributed by atoms with E-state index < -0.39 is 27.6 Å². The van der Waals surface area contributed by atoms with Gasteiger partial charge in [-0.15, -0.1) is 0 Å². The minimum Gasteiger partial charge on any atom is -0.322 e. The van der Waals surface area contributed by atoms with Gasteiger partial charge in [0, 0.05) is 29.1 Å². The lowest BCUT2D eigenvalue weighted by atomic mass is 10.0. The fourth-order valence-electron chi connectivity index (χ4n) is 3.91. The molecule has 10 heteroatoms. The van der Waals surface area contributed by atoms with Crippen LogP contribution in [0.5, 0.6) is 0 Å². The molecule has 37 heavy (non-hydrogen) atoms. The second-order valence-electron chi connectivity index (χ2n) is 9.10. The van der Waals surface area contributed by atoms with E-state index in [0.29, 0.717) is 34.3 Å². The normalized spacial score (nSPS) is 13.2. The van der Waals surface area contributed by atoms with Crippen molar-refractivity contribution in [2.45, 2.75) is 24.2 Å². The summed E-state index contributed by atoms with van der Waals surface area (Å²) in [4.78, 5) is 27.1. The number of amides is 3. The minimum atomic E-state index is -3.52. The Bertz CT molecular complexity index is 1410. The van der Waals surface area contributed by atoms with E-state index in [4.69, 9.17) is 11.6 Å². The van der Waals surface area contributed by atoms with E-state index in [2.05, 4.69) is 10.6 Å². The Hall–Kier alpha value is -3.43. The second-order valence-corrected chi connectivity index (χ2v) is 11.5. The highest BCUT2D eigenvalue weighted by molar-refractivity contribution is 7.90. The molecule has 0 heterocycles. The van der Waals surface area contributed by atoms with Crippen molar-refractivity contribution in [3.05, 3.63) is 77.6 Å². The van der Waals surface area contributed by atoms with Gasteiger partial charge in [-0.2, -0.15) is 0 Å². The van der Waals surface area contributed by atoms with E-state index in [1.807, 2.05) is 0 Å². The number of carbonyl (C=O) groups is 2. The number of carbonyl (C=O) groups excluding carboxylic acids is 2. The number of benzene rings is 3. The summed E-state index contributed by atoms with van der Waals surface area (Å²) >= 11 is 5.90. The number of urea groups is 1. The van der Waals surface area contributed by atoms with Gasteiger partial charge in [-0.3, -0.25) is 4.79 Å². The Morgan fingerprint density at radius 3 is 2.38 bits per heavy atom. The molecule has 0 saturated heterocycles. The first-order chi connectivity index (χ1) is 17.6. The number of halogens is 2. The van der Waals surface area contributed by atoms with Gasteiger partial charge in [-0.05, 0) is 60.4 Å². The lowest BCUT2D eigenvalue weighted by Crippen LogP contribution is -2.41. The summed E-state index contributed by atoms with van der Waals surface area (Å²) in [6.07, 6.45) is 4.09. The first-order valence-corrected chi connectivity index (χ1v) is 14.1. The van der Waals surface area contributed by atoms with Crippen LogP contribution in [0.15, 0.2) is 71.6 Å². The van der Waals surface area contributed by atoms with E-state index in [1.54, 1.807) is 48.5 Å². The zero-order chi connectivity index (χ0) is 26.6. The average Bonchev–Trinajstić information content (AvgIpc) is 3.68. The fourth-order valence-corrected chi connectivity index (χ4v) is 4.95. The Labute approximate surface area is 220 Å². The van der Waals surface area contributed by atoms with Crippen LogP contribution in [0.3, 0.4) is 0 Å². The van der Waals surface area contributed by atoms with E-state index in [1.165, 1.54) is 23.1 Å². The molecule has 0 unspecified atom stereocenters. The smallest absolute Gasteiger partial charge is 0.322 e. The highest BCUT2D eigenvalue weighted by Gasteiger charge is 2.25. The molecule has 4 rings (SSSR count). The zero-order valence-corrected chi connectivity index (χ0v) is 21.8. The topological polar surface area (TPSA) is 95.6 Å². The summed E-state index contributed by atoms with van der Waals surface area (Å²) < 4.78 is 39.2. The number of hydrogen-bond donors (Lipinski definition) is 2. The summed E-state index contributed by atoms with van der Waals surface area (Å²) in [5.74, 6) is -0.719. The summed E-state index contributed by atoms with van der Waals surface area (Å²) in [5, 5.41) is 5.82. The number of hydrogen-bond acceptors (Lipinski definition) is 4. The molecule has 1 aliphatic carbocycles. The lowest BCUT2D eigenvalue weighted by molar-refractivity contribution is -0.116. The maximum Gasteiger partial charge on any atom is 0.322 e. The number of rotatable bonds is 9. The third kappa shape index (κ3) is 7.30. The lowest BCUT2D eigenvalue weighted by Gasteiger charge is -2.23. The molecule has 3 amide bonds. The Morgan fingerprint density at radius 2 is 1.73 bits per heavy atom. The van der Waals surface area contributed by atoms with Crippen LogP contribution in [0.2, 0.25) is 5.02 Å². The molecule has 1 fully saturated rings. The molecule has 0 aliphatic heterocycles. The van der Waals surface area contributed by atoms with Crippen LogP contribution in [-0.2, 0) is 14.6 Å². The van der Waals surface area contributed by atoms with Crippen LogP contribution < -0.4 is 10.6 Å². The van der Waals surface area contributed by atoms with Crippen LogP contribution in [0.25, 0.3) is 11.1 Å². The van der Waals surface area contributed by atoms with E-state index in [-0.39, 0.29) is 17.1 Å². The van der Waals surface area contributed by atoms with Crippen molar-refractivity contribution in [1.82, 2.24) is 4.90 Å². The van der Waals surface area contributed by atoms with Crippen molar-refractivity contribution in [3.63, 3.8) is 0 Å². The van der Waals surface area contributed by atoms with Crippen molar-refractivity contribution in [3.8, 4) is 11.1 Å². The molecule has 0 atom stereocenters. The molecular weight excluding hydrogens is 517 g/mol. The molecular formula is C27H27ClFN3O4S. The molecule has 194 valence electrons. The zero-order valence-electron chi connectivity index (χ0n) is 20.2. The van der Waals surface area contributed by atoms with Gasteiger partial charge < -0.3 is 15.5 Å². The number of nitrogens with zero attached hydrogens (tertiary/aromatic N) is 1. The van der Waals surface area contributed by atoms with Gasteiger partial charge in [-0.25, -0.2) is 17.6 Å². The monoisotopic (exact) mass is 543 g/mol. The molecule has 0 radical (unpaired) electrons. The highest BCUT2D eigenvalue weighted by Crippen LogP contribution is 2.33. The van der Waals surface area contributed by atoms with Gasteiger partial charge >= 0.3 is 6.03 Å². The van der Waals surface area contributed by atoms with Crippen molar-refractivity contribution >= 4 is 44.8 Å². The third-order valence-electron chi connectivity index (χ3n) is 6.06. The maximum atomic E-state index is 14.9. The summed E-state index contributed by atoms with van der Waals surface area (Å²) in [7, 11) is -3.52. The van der Waals surface area contributed by atoms with Gasteiger partial charge in [0.2, 0.25) is 5.91 Å². The van der Waals surface area contributed by atoms with Crippen LogP contribution in [0.1, 0.15) is 19.3 Å². The molecule has 0 aromatic heterocycles.